The Balaban J connectivity index is 1.66. The van der Waals surface area contributed by atoms with Crippen molar-refractivity contribution in [3.05, 3.63) is 42.0 Å². The van der Waals surface area contributed by atoms with Gasteiger partial charge in [0.2, 0.25) is 0 Å². The number of benzene rings is 1. The van der Waals surface area contributed by atoms with Gasteiger partial charge in [0.25, 0.3) is 0 Å². The van der Waals surface area contributed by atoms with Crippen molar-refractivity contribution in [2.24, 2.45) is 0 Å². The minimum absolute atomic E-state index is 0.0690. The molecular weight excluding hydrogens is 240 g/mol. The quantitative estimate of drug-likeness (QED) is 0.835. The van der Waals surface area contributed by atoms with E-state index in [4.69, 9.17) is 14.2 Å². The summed E-state index contributed by atoms with van der Waals surface area (Å²) < 4.78 is 17.2. The minimum Gasteiger partial charge on any atom is -0.369 e. The van der Waals surface area contributed by atoms with E-state index in [0.717, 1.165) is 18.4 Å². The van der Waals surface area contributed by atoms with Crippen molar-refractivity contribution in [1.82, 2.24) is 0 Å². The van der Waals surface area contributed by atoms with Crippen LogP contribution < -0.4 is 0 Å². The van der Waals surface area contributed by atoms with Gasteiger partial charge in [0.15, 0.2) is 5.79 Å². The molecule has 1 aromatic carbocycles. The molecule has 3 nitrogen and oxygen atoms in total. The monoisotopic (exact) mass is 260 g/mol. The lowest BCUT2D eigenvalue weighted by atomic mass is 9.91. The van der Waals surface area contributed by atoms with Gasteiger partial charge < -0.3 is 14.2 Å². The standard InChI is InChI=1S/C16H20O3/c1-12-14-6-4-3-5-13(14)11-17-15(12)7-8-16(2)18-9-10-19-16/h3-6,15H,1,7-11H2,2H3. The first-order valence-electron chi connectivity index (χ1n) is 6.84. The smallest absolute Gasteiger partial charge is 0.165 e. The SMILES string of the molecule is C=C1c2ccccc2COC1CCC1(C)OCCO1. The van der Waals surface area contributed by atoms with Crippen LogP contribution in [0.1, 0.15) is 30.9 Å². The molecule has 1 atom stereocenters. The summed E-state index contributed by atoms with van der Waals surface area (Å²) in [7, 11) is 0. The second kappa shape index (κ2) is 5.08. The van der Waals surface area contributed by atoms with Crippen LogP contribution in [0.5, 0.6) is 0 Å². The van der Waals surface area contributed by atoms with E-state index in [-0.39, 0.29) is 6.10 Å². The molecule has 2 aliphatic rings. The van der Waals surface area contributed by atoms with Crippen LogP contribution in [0.2, 0.25) is 0 Å². The normalized spacial score (nSPS) is 25.3. The van der Waals surface area contributed by atoms with Crippen LogP contribution in [0.4, 0.5) is 0 Å². The van der Waals surface area contributed by atoms with Crippen molar-refractivity contribution in [3.63, 3.8) is 0 Å². The number of hydrogen-bond donors (Lipinski definition) is 0. The van der Waals surface area contributed by atoms with Gasteiger partial charge in [-0.2, -0.15) is 0 Å². The molecule has 3 rings (SSSR count). The van der Waals surface area contributed by atoms with Crippen LogP contribution in [-0.4, -0.2) is 25.1 Å². The summed E-state index contributed by atoms with van der Waals surface area (Å²) in [4.78, 5) is 0. The summed E-state index contributed by atoms with van der Waals surface area (Å²) in [5.74, 6) is -0.444. The van der Waals surface area contributed by atoms with Gasteiger partial charge in [-0.25, -0.2) is 0 Å². The summed E-state index contributed by atoms with van der Waals surface area (Å²) >= 11 is 0. The van der Waals surface area contributed by atoms with E-state index >= 15 is 0 Å². The lowest BCUT2D eigenvalue weighted by molar-refractivity contribution is -0.151. The molecule has 0 saturated carbocycles. The Kier molecular flexibility index (Phi) is 3.44. The Hall–Kier alpha value is -1.16. The largest absolute Gasteiger partial charge is 0.369 e. The summed E-state index contributed by atoms with van der Waals surface area (Å²) in [5, 5.41) is 0. The maximum atomic E-state index is 5.91. The highest BCUT2D eigenvalue weighted by molar-refractivity contribution is 5.70. The number of rotatable bonds is 3. The highest BCUT2D eigenvalue weighted by atomic mass is 16.7. The van der Waals surface area contributed by atoms with Gasteiger partial charge in [0, 0.05) is 6.42 Å². The second-order valence-electron chi connectivity index (χ2n) is 5.35. The Morgan fingerprint density at radius 1 is 1.26 bits per heavy atom. The highest BCUT2D eigenvalue weighted by Crippen LogP contribution is 2.34. The van der Waals surface area contributed by atoms with Gasteiger partial charge >= 0.3 is 0 Å². The Labute approximate surface area is 114 Å². The molecule has 19 heavy (non-hydrogen) atoms. The van der Waals surface area contributed by atoms with Crippen molar-refractivity contribution < 1.29 is 14.2 Å². The molecule has 1 fully saturated rings. The molecule has 0 aromatic heterocycles. The molecule has 0 bridgehead atoms. The van der Waals surface area contributed by atoms with Crippen LogP contribution in [0.3, 0.4) is 0 Å². The molecule has 1 saturated heterocycles. The molecular formula is C16H20O3. The van der Waals surface area contributed by atoms with Crippen molar-refractivity contribution in [2.75, 3.05) is 13.2 Å². The van der Waals surface area contributed by atoms with Crippen LogP contribution in [-0.2, 0) is 20.8 Å². The minimum atomic E-state index is -0.444. The van der Waals surface area contributed by atoms with Crippen molar-refractivity contribution >= 4 is 5.57 Å². The molecule has 0 radical (unpaired) electrons. The van der Waals surface area contributed by atoms with E-state index in [2.05, 4.69) is 24.8 Å². The molecule has 0 spiro atoms. The zero-order chi connectivity index (χ0) is 13.3. The maximum absolute atomic E-state index is 5.91. The third-order valence-corrected chi connectivity index (χ3v) is 3.95. The molecule has 0 N–H and O–H groups in total. The Bertz CT molecular complexity index is 475. The average Bonchev–Trinajstić information content (AvgIpc) is 2.86. The Morgan fingerprint density at radius 2 is 2.00 bits per heavy atom. The molecule has 2 heterocycles. The van der Waals surface area contributed by atoms with E-state index in [0.29, 0.717) is 19.8 Å². The molecule has 0 aliphatic carbocycles. The van der Waals surface area contributed by atoms with Gasteiger partial charge in [0.1, 0.15) is 0 Å². The lowest BCUT2D eigenvalue weighted by Gasteiger charge is -2.30. The first-order chi connectivity index (χ1) is 9.18. The molecule has 0 amide bonds. The molecule has 3 heteroatoms. The molecule has 1 unspecified atom stereocenters. The van der Waals surface area contributed by atoms with E-state index in [1.807, 2.05) is 13.0 Å². The Morgan fingerprint density at radius 3 is 2.79 bits per heavy atom. The van der Waals surface area contributed by atoms with E-state index in [9.17, 15) is 0 Å². The van der Waals surface area contributed by atoms with E-state index in [1.54, 1.807) is 0 Å². The fourth-order valence-corrected chi connectivity index (χ4v) is 2.78. The summed E-state index contributed by atoms with van der Waals surface area (Å²) in [6, 6.07) is 8.31. The predicted molar refractivity (Wildman–Crippen MR) is 73.6 cm³/mol. The fourth-order valence-electron chi connectivity index (χ4n) is 2.78. The van der Waals surface area contributed by atoms with Crippen molar-refractivity contribution in [1.29, 1.82) is 0 Å². The van der Waals surface area contributed by atoms with Gasteiger partial charge in [0.05, 0.1) is 25.9 Å². The van der Waals surface area contributed by atoms with Gasteiger partial charge in [-0.3, -0.25) is 0 Å². The van der Waals surface area contributed by atoms with Crippen LogP contribution in [0.25, 0.3) is 5.57 Å². The fraction of sp³-hybridized carbons (Fsp3) is 0.500. The number of ether oxygens (including phenoxy) is 3. The van der Waals surface area contributed by atoms with Crippen LogP contribution in [0, 0.1) is 0 Å². The molecule has 102 valence electrons. The third kappa shape index (κ3) is 2.59. The second-order valence-corrected chi connectivity index (χ2v) is 5.35. The molecule has 1 aromatic rings. The first kappa shape index (κ1) is 12.9. The van der Waals surface area contributed by atoms with Gasteiger partial charge in [-0.05, 0) is 30.0 Å². The number of hydrogen-bond acceptors (Lipinski definition) is 3. The van der Waals surface area contributed by atoms with Gasteiger partial charge in [-0.15, -0.1) is 0 Å². The predicted octanol–water partition coefficient (Wildman–Crippen LogP) is 3.14. The van der Waals surface area contributed by atoms with Gasteiger partial charge in [-0.1, -0.05) is 30.8 Å². The maximum Gasteiger partial charge on any atom is 0.165 e. The number of fused-ring (bicyclic) bond motifs is 1. The van der Waals surface area contributed by atoms with Crippen LogP contribution >= 0.6 is 0 Å². The average molecular weight is 260 g/mol. The topological polar surface area (TPSA) is 27.7 Å². The summed E-state index contributed by atoms with van der Waals surface area (Å²) in [6.07, 6.45) is 1.78. The summed E-state index contributed by atoms with van der Waals surface area (Å²) in [5.41, 5.74) is 3.53. The molecule has 2 aliphatic heterocycles. The van der Waals surface area contributed by atoms with Crippen LogP contribution in [0.15, 0.2) is 30.8 Å². The summed E-state index contributed by atoms with van der Waals surface area (Å²) in [6.45, 7) is 8.24. The van der Waals surface area contributed by atoms with Crippen molar-refractivity contribution in [2.45, 2.75) is 38.3 Å². The van der Waals surface area contributed by atoms with Crippen molar-refractivity contribution in [3.8, 4) is 0 Å². The zero-order valence-corrected chi connectivity index (χ0v) is 11.4. The highest BCUT2D eigenvalue weighted by Gasteiger charge is 2.33. The zero-order valence-electron chi connectivity index (χ0n) is 11.4. The third-order valence-electron chi connectivity index (χ3n) is 3.95. The van der Waals surface area contributed by atoms with E-state index < -0.39 is 5.79 Å². The van der Waals surface area contributed by atoms with E-state index in [1.165, 1.54) is 11.1 Å². The lowest BCUT2D eigenvalue weighted by Crippen LogP contribution is -2.29. The first-order valence-corrected chi connectivity index (χ1v) is 6.84.